The Morgan fingerprint density at radius 3 is 2.29 bits per heavy atom. The van der Waals surface area contributed by atoms with Crippen LogP contribution in [-0.2, 0) is 4.79 Å². The number of hydrogen-bond donors (Lipinski definition) is 1. The zero-order valence-electron chi connectivity index (χ0n) is 9.97. The lowest BCUT2D eigenvalue weighted by atomic mass is 10.2. The van der Waals surface area contributed by atoms with Crippen LogP contribution in [0.15, 0.2) is 18.2 Å². The molecular formula is C12H16N2O3. The van der Waals surface area contributed by atoms with Gasteiger partial charge in [0, 0.05) is 19.0 Å². The van der Waals surface area contributed by atoms with E-state index in [0.717, 1.165) is 0 Å². The molecule has 0 aromatic heterocycles. The second-order valence-corrected chi connectivity index (χ2v) is 3.98. The van der Waals surface area contributed by atoms with Crippen molar-refractivity contribution in [1.82, 2.24) is 0 Å². The lowest BCUT2D eigenvalue weighted by Gasteiger charge is -2.21. The summed E-state index contributed by atoms with van der Waals surface area (Å²) in [4.78, 5) is 13.5. The first-order chi connectivity index (χ1) is 8.17. The Morgan fingerprint density at radius 1 is 1.29 bits per heavy atom. The molecule has 1 atom stereocenters. The maximum absolute atomic E-state index is 11.9. The van der Waals surface area contributed by atoms with E-state index < -0.39 is 0 Å². The summed E-state index contributed by atoms with van der Waals surface area (Å²) in [6.45, 7) is 0.496. The van der Waals surface area contributed by atoms with Crippen molar-refractivity contribution in [2.75, 3.05) is 25.7 Å². The molecule has 1 unspecified atom stereocenters. The van der Waals surface area contributed by atoms with Crippen LogP contribution in [0.25, 0.3) is 0 Å². The average Bonchev–Trinajstić information content (AvgIpc) is 2.67. The molecule has 1 aromatic carbocycles. The highest BCUT2D eigenvalue weighted by Crippen LogP contribution is 2.39. The number of methoxy groups -OCH3 is 2. The van der Waals surface area contributed by atoms with Gasteiger partial charge in [-0.3, -0.25) is 4.79 Å². The summed E-state index contributed by atoms with van der Waals surface area (Å²) in [5.41, 5.74) is 6.45. The van der Waals surface area contributed by atoms with Gasteiger partial charge in [0.1, 0.15) is 17.2 Å². The second-order valence-electron chi connectivity index (χ2n) is 3.98. The van der Waals surface area contributed by atoms with Gasteiger partial charge in [-0.25, -0.2) is 0 Å². The highest BCUT2D eigenvalue weighted by atomic mass is 16.5. The molecule has 1 amide bonds. The van der Waals surface area contributed by atoms with Crippen LogP contribution < -0.4 is 20.1 Å². The molecule has 2 N–H and O–H groups in total. The minimum Gasteiger partial charge on any atom is -0.494 e. The monoisotopic (exact) mass is 236 g/mol. The molecule has 0 spiro atoms. The number of ether oxygens (including phenoxy) is 2. The van der Waals surface area contributed by atoms with Gasteiger partial charge in [0.25, 0.3) is 0 Å². The van der Waals surface area contributed by atoms with Crippen molar-refractivity contribution in [3.05, 3.63) is 18.2 Å². The van der Waals surface area contributed by atoms with Crippen LogP contribution in [0.2, 0.25) is 0 Å². The number of para-hydroxylation sites is 1. The van der Waals surface area contributed by atoms with E-state index in [0.29, 0.717) is 30.2 Å². The standard InChI is InChI=1S/C12H16N2O3/c1-16-9-4-3-5-10(17-2)12(9)14-7-8(13)6-11(14)15/h3-5,8H,6-7,13H2,1-2H3. The van der Waals surface area contributed by atoms with E-state index in [1.807, 2.05) is 6.07 Å². The van der Waals surface area contributed by atoms with Crippen LogP contribution >= 0.6 is 0 Å². The fourth-order valence-electron chi connectivity index (χ4n) is 2.05. The fourth-order valence-corrected chi connectivity index (χ4v) is 2.05. The minimum absolute atomic E-state index is 0.000278. The second kappa shape index (κ2) is 4.63. The van der Waals surface area contributed by atoms with E-state index in [1.54, 1.807) is 31.3 Å². The first-order valence-electron chi connectivity index (χ1n) is 5.44. The molecule has 0 radical (unpaired) electrons. The quantitative estimate of drug-likeness (QED) is 0.841. The van der Waals surface area contributed by atoms with Crippen molar-refractivity contribution in [1.29, 1.82) is 0 Å². The van der Waals surface area contributed by atoms with Gasteiger partial charge < -0.3 is 20.1 Å². The molecule has 1 saturated heterocycles. The molecule has 2 rings (SSSR count). The summed E-state index contributed by atoms with van der Waals surface area (Å²) in [6.07, 6.45) is 0.362. The zero-order valence-corrected chi connectivity index (χ0v) is 9.97. The van der Waals surface area contributed by atoms with Crippen LogP contribution in [0.3, 0.4) is 0 Å². The van der Waals surface area contributed by atoms with Crippen molar-refractivity contribution in [3.63, 3.8) is 0 Å². The normalized spacial score (nSPS) is 19.6. The summed E-state index contributed by atoms with van der Waals surface area (Å²) >= 11 is 0. The number of nitrogens with two attached hydrogens (primary N) is 1. The predicted octanol–water partition coefficient (Wildman–Crippen LogP) is 0.768. The minimum atomic E-state index is -0.128. The molecule has 17 heavy (non-hydrogen) atoms. The van der Waals surface area contributed by atoms with Gasteiger partial charge >= 0.3 is 0 Å². The highest BCUT2D eigenvalue weighted by molar-refractivity contribution is 5.99. The third-order valence-electron chi connectivity index (χ3n) is 2.83. The summed E-state index contributed by atoms with van der Waals surface area (Å²) in [6, 6.07) is 5.29. The molecule has 1 aliphatic heterocycles. The topological polar surface area (TPSA) is 64.8 Å². The van der Waals surface area contributed by atoms with Gasteiger partial charge in [0.05, 0.1) is 14.2 Å². The van der Waals surface area contributed by atoms with Crippen LogP contribution in [0.5, 0.6) is 11.5 Å². The van der Waals surface area contributed by atoms with Crippen LogP contribution in [0.1, 0.15) is 6.42 Å². The molecule has 1 aliphatic rings. The summed E-state index contributed by atoms with van der Waals surface area (Å²) in [7, 11) is 3.14. The Balaban J connectivity index is 2.46. The van der Waals surface area contributed by atoms with Crippen molar-refractivity contribution in [2.45, 2.75) is 12.5 Å². The van der Waals surface area contributed by atoms with E-state index in [4.69, 9.17) is 15.2 Å². The first kappa shape index (κ1) is 11.7. The van der Waals surface area contributed by atoms with E-state index in [2.05, 4.69) is 0 Å². The van der Waals surface area contributed by atoms with Crippen molar-refractivity contribution in [3.8, 4) is 11.5 Å². The summed E-state index contributed by atoms with van der Waals surface area (Å²) < 4.78 is 10.5. The lowest BCUT2D eigenvalue weighted by molar-refractivity contribution is -0.117. The van der Waals surface area contributed by atoms with E-state index in [-0.39, 0.29) is 11.9 Å². The van der Waals surface area contributed by atoms with Crippen LogP contribution in [0, 0.1) is 0 Å². The number of carbonyl (C=O) groups excluding carboxylic acids is 1. The zero-order chi connectivity index (χ0) is 12.4. The Labute approximate surface area is 100 Å². The molecule has 0 aliphatic carbocycles. The van der Waals surface area contributed by atoms with Crippen molar-refractivity contribution >= 4 is 11.6 Å². The SMILES string of the molecule is COc1cccc(OC)c1N1CC(N)CC1=O. The molecule has 1 fully saturated rings. The van der Waals surface area contributed by atoms with Crippen LogP contribution in [0.4, 0.5) is 5.69 Å². The van der Waals surface area contributed by atoms with Gasteiger partial charge in [-0.15, -0.1) is 0 Å². The fraction of sp³-hybridized carbons (Fsp3) is 0.417. The summed E-state index contributed by atoms with van der Waals surface area (Å²) in [5.74, 6) is 1.24. The molecule has 1 heterocycles. The molecule has 0 saturated carbocycles. The smallest absolute Gasteiger partial charge is 0.228 e. The average molecular weight is 236 g/mol. The van der Waals surface area contributed by atoms with Gasteiger partial charge in [-0.1, -0.05) is 6.07 Å². The Bertz CT molecular complexity index is 412. The molecule has 5 nitrogen and oxygen atoms in total. The van der Waals surface area contributed by atoms with Gasteiger partial charge in [-0.2, -0.15) is 0 Å². The third kappa shape index (κ3) is 2.06. The number of benzene rings is 1. The third-order valence-corrected chi connectivity index (χ3v) is 2.83. The van der Waals surface area contributed by atoms with Gasteiger partial charge in [0.2, 0.25) is 5.91 Å². The van der Waals surface area contributed by atoms with Crippen LogP contribution in [-0.4, -0.2) is 32.7 Å². The maximum atomic E-state index is 11.9. The number of anilines is 1. The number of amides is 1. The lowest BCUT2D eigenvalue weighted by Crippen LogP contribution is -2.28. The molecule has 1 aromatic rings. The first-order valence-corrected chi connectivity index (χ1v) is 5.44. The Morgan fingerprint density at radius 2 is 1.88 bits per heavy atom. The molecule has 5 heteroatoms. The van der Waals surface area contributed by atoms with Gasteiger partial charge in [0.15, 0.2) is 0 Å². The van der Waals surface area contributed by atoms with E-state index in [1.165, 1.54) is 0 Å². The predicted molar refractivity (Wildman–Crippen MR) is 64.5 cm³/mol. The molecule has 0 bridgehead atoms. The summed E-state index contributed by atoms with van der Waals surface area (Å²) in [5, 5.41) is 0. The number of nitrogens with zero attached hydrogens (tertiary/aromatic N) is 1. The molecular weight excluding hydrogens is 220 g/mol. The van der Waals surface area contributed by atoms with E-state index >= 15 is 0 Å². The van der Waals surface area contributed by atoms with Crippen molar-refractivity contribution in [2.24, 2.45) is 5.73 Å². The molecule has 92 valence electrons. The number of hydrogen-bond acceptors (Lipinski definition) is 4. The van der Waals surface area contributed by atoms with Crippen molar-refractivity contribution < 1.29 is 14.3 Å². The largest absolute Gasteiger partial charge is 0.494 e. The van der Waals surface area contributed by atoms with E-state index in [9.17, 15) is 4.79 Å². The Hall–Kier alpha value is -1.75. The number of carbonyl (C=O) groups is 1. The highest BCUT2D eigenvalue weighted by Gasteiger charge is 2.31. The Kier molecular flexibility index (Phi) is 3.19. The maximum Gasteiger partial charge on any atom is 0.228 e. The van der Waals surface area contributed by atoms with Gasteiger partial charge in [-0.05, 0) is 12.1 Å². The number of rotatable bonds is 3.